The summed E-state index contributed by atoms with van der Waals surface area (Å²) in [4.78, 5) is 34.5. The Morgan fingerprint density at radius 2 is 1.56 bits per heavy atom. The highest BCUT2D eigenvalue weighted by atomic mass is 32.2. The number of Topliss-reactive ketones (excluding diaryl/α,β-unsaturated/α-hetero) is 1. The molecule has 0 saturated carbocycles. The van der Waals surface area contributed by atoms with Crippen molar-refractivity contribution in [3.63, 3.8) is 0 Å². The van der Waals surface area contributed by atoms with E-state index < -0.39 is 11.5 Å². The number of carbonyl (C=O) groups excluding carboxylic acids is 2. The van der Waals surface area contributed by atoms with Crippen LogP contribution in [0.1, 0.15) is 68.3 Å². The normalized spacial score (nSPS) is 14.6. The molecule has 39 heavy (non-hydrogen) atoms. The van der Waals surface area contributed by atoms with Gasteiger partial charge >= 0.3 is 5.97 Å². The van der Waals surface area contributed by atoms with Gasteiger partial charge in [0.1, 0.15) is 0 Å². The van der Waals surface area contributed by atoms with Crippen molar-refractivity contribution in [1.82, 2.24) is 4.90 Å². The van der Waals surface area contributed by atoms with Crippen LogP contribution in [0.15, 0.2) is 88.8 Å². The summed E-state index contributed by atoms with van der Waals surface area (Å²) in [5.74, 6) is -0.299. The molecule has 0 amide bonds. The summed E-state index contributed by atoms with van der Waals surface area (Å²) in [6.45, 7) is 14.2. The van der Waals surface area contributed by atoms with Gasteiger partial charge in [0.2, 0.25) is 0 Å². The van der Waals surface area contributed by atoms with Crippen LogP contribution < -0.4 is 0 Å². The summed E-state index contributed by atoms with van der Waals surface area (Å²) in [6, 6.07) is 15.9. The van der Waals surface area contributed by atoms with Gasteiger partial charge in [-0.3, -0.25) is 9.69 Å². The maximum atomic E-state index is 13.3. The van der Waals surface area contributed by atoms with E-state index in [9.17, 15) is 9.59 Å². The molecular weight excluding hydrogens is 508 g/mol. The quantitative estimate of drug-likeness (QED) is 0.0591. The average molecular weight is 549 g/mol. The lowest BCUT2D eigenvalue weighted by Crippen LogP contribution is -2.54. The van der Waals surface area contributed by atoms with Gasteiger partial charge in [-0.05, 0) is 69.4 Å². The van der Waals surface area contributed by atoms with E-state index in [-0.39, 0.29) is 12.2 Å². The van der Waals surface area contributed by atoms with Gasteiger partial charge in [-0.25, -0.2) is 4.79 Å². The molecule has 0 N–H and O–H groups in total. The van der Waals surface area contributed by atoms with Gasteiger partial charge < -0.3 is 9.57 Å². The highest BCUT2D eigenvalue weighted by Gasteiger charge is 2.35. The topological polar surface area (TPSA) is 68.2 Å². The van der Waals surface area contributed by atoms with Crippen molar-refractivity contribution in [3.8, 4) is 0 Å². The lowest BCUT2D eigenvalue weighted by atomic mass is 9.91. The zero-order valence-electron chi connectivity index (χ0n) is 23.2. The highest BCUT2D eigenvalue weighted by Crippen LogP contribution is 2.30. The molecule has 0 aromatic heterocycles. The number of carbonyl (C=O) groups is 2. The molecule has 208 valence electrons. The minimum absolute atomic E-state index is 0.121. The van der Waals surface area contributed by atoms with Crippen LogP contribution in [0, 0.1) is 0 Å². The third-order valence-electron chi connectivity index (χ3n) is 6.79. The van der Waals surface area contributed by atoms with Crippen LogP contribution in [0.4, 0.5) is 0 Å². The molecule has 2 aromatic carbocycles. The SMILES string of the molecule is C=CCCCCC/C(=N\OC(=O)CC=C)c1ccc(Sc2ccc(C(=O)C(C)(C)N3CCOCC3)cc2)cc1. The molecule has 0 unspecified atom stereocenters. The molecule has 3 rings (SSSR count). The molecule has 0 aliphatic carbocycles. The fraction of sp³-hybridized carbons (Fsp3) is 0.406. The van der Waals surface area contributed by atoms with E-state index in [1.165, 1.54) is 6.08 Å². The summed E-state index contributed by atoms with van der Waals surface area (Å²) in [5, 5.41) is 4.17. The van der Waals surface area contributed by atoms with Gasteiger partial charge in [0.15, 0.2) is 5.78 Å². The molecular formula is C32H40N2O4S. The number of nitrogens with zero attached hydrogens (tertiary/aromatic N) is 2. The lowest BCUT2D eigenvalue weighted by Gasteiger charge is -2.39. The molecule has 0 radical (unpaired) electrons. The van der Waals surface area contributed by atoms with Crippen molar-refractivity contribution in [2.75, 3.05) is 26.3 Å². The molecule has 6 nitrogen and oxygen atoms in total. The van der Waals surface area contributed by atoms with Crippen LogP contribution in [0.25, 0.3) is 0 Å². The lowest BCUT2D eigenvalue weighted by molar-refractivity contribution is -0.142. The van der Waals surface area contributed by atoms with Crippen LogP contribution in [0.3, 0.4) is 0 Å². The molecule has 1 fully saturated rings. The smallest absolute Gasteiger partial charge is 0.338 e. The molecule has 1 heterocycles. The van der Waals surface area contributed by atoms with Crippen molar-refractivity contribution in [2.24, 2.45) is 5.16 Å². The van der Waals surface area contributed by atoms with Crippen LogP contribution in [0.5, 0.6) is 0 Å². The maximum Gasteiger partial charge on any atom is 0.338 e. The first-order valence-electron chi connectivity index (χ1n) is 13.6. The molecule has 0 bridgehead atoms. The second-order valence-electron chi connectivity index (χ2n) is 10.0. The van der Waals surface area contributed by atoms with Crippen molar-refractivity contribution in [3.05, 3.63) is 85.0 Å². The number of benzene rings is 2. The minimum Gasteiger partial charge on any atom is -0.379 e. The van der Waals surface area contributed by atoms with E-state index in [4.69, 9.17) is 9.57 Å². The van der Waals surface area contributed by atoms with E-state index in [0.717, 1.165) is 66.3 Å². The highest BCUT2D eigenvalue weighted by molar-refractivity contribution is 7.99. The van der Waals surface area contributed by atoms with Crippen molar-refractivity contribution < 1.29 is 19.2 Å². The number of morpholine rings is 1. The van der Waals surface area contributed by atoms with E-state index in [2.05, 4.69) is 23.2 Å². The minimum atomic E-state index is -0.570. The Morgan fingerprint density at radius 3 is 2.15 bits per heavy atom. The van der Waals surface area contributed by atoms with Gasteiger partial charge in [-0.15, -0.1) is 13.2 Å². The third kappa shape index (κ3) is 9.31. The van der Waals surface area contributed by atoms with Gasteiger partial charge in [0, 0.05) is 28.4 Å². The van der Waals surface area contributed by atoms with E-state index >= 15 is 0 Å². The number of ether oxygens (including phenoxy) is 1. The molecule has 1 aliphatic rings. The molecule has 1 aliphatic heterocycles. The number of oxime groups is 1. The zero-order chi connectivity index (χ0) is 28.1. The number of rotatable bonds is 15. The second kappa shape index (κ2) is 15.6. The van der Waals surface area contributed by atoms with E-state index in [1.54, 1.807) is 11.8 Å². The summed E-state index contributed by atoms with van der Waals surface area (Å²) in [6.07, 6.45) is 8.37. The Labute approximate surface area is 237 Å². The second-order valence-corrected chi connectivity index (χ2v) is 11.2. The maximum absolute atomic E-state index is 13.3. The Hall–Kier alpha value is -3.00. The van der Waals surface area contributed by atoms with E-state index in [1.807, 2.05) is 68.5 Å². The van der Waals surface area contributed by atoms with Crippen LogP contribution in [-0.2, 0) is 14.4 Å². The monoisotopic (exact) mass is 548 g/mol. The molecule has 7 heteroatoms. The van der Waals surface area contributed by atoms with Crippen molar-refractivity contribution in [1.29, 1.82) is 0 Å². The summed E-state index contributed by atoms with van der Waals surface area (Å²) in [5.41, 5.74) is 1.83. The van der Waals surface area contributed by atoms with Crippen LogP contribution >= 0.6 is 11.8 Å². The molecule has 1 saturated heterocycles. The van der Waals surface area contributed by atoms with Gasteiger partial charge in [0.25, 0.3) is 0 Å². The van der Waals surface area contributed by atoms with Crippen molar-refractivity contribution in [2.45, 2.75) is 67.7 Å². The van der Waals surface area contributed by atoms with Crippen LogP contribution in [-0.4, -0.2) is 54.2 Å². The molecule has 2 aromatic rings. The van der Waals surface area contributed by atoms with Gasteiger partial charge in [0.05, 0.1) is 30.9 Å². The first-order chi connectivity index (χ1) is 18.8. The summed E-state index contributed by atoms with van der Waals surface area (Å²) >= 11 is 1.63. The number of hydrogen-bond donors (Lipinski definition) is 0. The average Bonchev–Trinajstić information content (AvgIpc) is 2.95. The number of unbranched alkanes of at least 4 members (excludes halogenated alkanes) is 3. The summed E-state index contributed by atoms with van der Waals surface area (Å²) in [7, 11) is 0. The number of hydrogen-bond acceptors (Lipinski definition) is 7. The third-order valence-corrected chi connectivity index (χ3v) is 7.80. The van der Waals surface area contributed by atoms with Gasteiger partial charge in [-0.2, -0.15) is 0 Å². The number of ketones is 1. The summed E-state index contributed by atoms with van der Waals surface area (Å²) < 4.78 is 5.45. The fourth-order valence-electron chi connectivity index (χ4n) is 4.41. The van der Waals surface area contributed by atoms with Gasteiger partial charge in [-0.1, -0.05) is 59.8 Å². The first-order valence-corrected chi connectivity index (χ1v) is 14.4. The Balaban J connectivity index is 1.64. The fourth-order valence-corrected chi connectivity index (χ4v) is 5.22. The van der Waals surface area contributed by atoms with Crippen LogP contribution in [0.2, 0.25) is 0 Å². The van der Waals surface area contributed by atoms with E-state index in [0.29, 0.717) is 18.8 Å². The number of allylic oxidation sites excluding steroid dienone is 1. The molecule has 0 spiro atoms. The Bertz CT molecular complexity index is 1130. The Kier molecular flexibility index (Phi) is 12.2. The Morgan fingerprint density at radius 1 is 0.949 bits per heavy atom. The zero-order valence-corrected chi connectivity index (χ0v) is 24.0. The standard InChI is InChI=1S/C32H40N2O4S/c1-5-7-8-9-10-12-29(33-38-30(35)11-6-2)25-13-17-27(18-14-25)39-28-19-15-26(16-20-28)31(36)32(3,4)34-21-23-37-24-22-34/h5-6,13-20H,1-2,7-12,21-24H2,3-4H3/b33-29+. The predicted octanol–water partition coefficient (Wildman–Crippen LogP) is 7.09. The molecule has 0 atom stereocenters. The largest absolute Gasteiger partial charge is 0.379 e. The predicted molar refractivity (Wildman–Crippen MR) is 159 cm³/mol. The van der Waals surface area contributed by atoms with Crippen molar-refractivity contribution >= 4 is 29.2 Å². The first kappa shape index (κ1) is 30.5.